The molecule has 0 bridgehead atoms. The highest BCUT2D eigenvalue weighted by Gasteiger charge is 2.16. The van der Waals surface area contributed by atoms with Gasteiger partial charge in [0.1, 0.15) is 0 Å². The van der Waals surface area contributed by atoms with Crippen LogP contribution < -0.4 is 5.32 Å². The molecule has 21 heavy (non-hydrogen) atoms. The molecule has 1 N–H and O–H groups in total. The van der Waals surface area contributed by atoms with Crippen molar-refractivity contribution in [3.05, 3.63) is 29.8 Å². The summed E-state index contributed by atoms with van der Waals surface area (Å²) in [4.78, 5) is 4.99. The molecule has 3 heteroatoms. The summed E-state index contributed by atoms with van der Waals surface area (Å²) in [7, 11) is 2.22. The third-order valence-corrected chi connectivity index (χ3v) is 4.99. The first-order valence-corrected chi connectivity index (χ1v) is 8.53. The van der Waals surface area contributed by atoms with E-state index in [9.17, 15) is 0 Å². The maximum absolute atomic E-state index is 3.62. The van der Waals surface area contributed by atoms with Crippen LogP contribution >= 0.6 is 0 Å². The number of anilines is 1. The molecule has 1 aromatic rings. The SMILES string of the molecule is CN1CCC(CNc2ccc(CN3CCCC3)cc2)CC1. The van der Waals surface area contributed by atoms with Gasteiger partial charge in [-0.15, -0.1) is 0 Å². The van der Waals surface area contributed by atoms with Crippen molar-refractivity contribution in [1.29, 1.82) is 0 Å². The first-order valence-electron chi connectivity index (χ1n) is 8.53. The van der Waals surface area contributed by atoms with E-state index in [1.165, 1.54) is 63.1 Å². The third-order valence-electron chi connectivity index (χ3n) is 4.99. The Morgan fingerprint density at radius 1 is 1.00 bits per heavy atom. The number of nitrogens with one attached hydrogen (secondary N) is 1. The summed E-state index contributed by atoms with van der Waals surface area (Å²) >= 11 is 0. The van der Waals surface area contributed by atoms with Crippen LogP contribution in [0, 0.1) is 5.92 Å². The Kier molecular flexibility index (Phi) is 5.15. The first-order chi connectivity index (χ1) is 10.3. The van der Waals surface area contributed by atoms with Gasteiger partial charge in [-0.05, 0) is 82.5 Å². The van der Waals surface area contributed by atoms with Crippen molar-refractivity contribution >= 4 is 5.69 Å². The Morgan fingerprint density at radius 2 is 1.67 bits per heavy atom. The molecule has 0 spiro atoms. The van der Waals surface area contributed by atoms with Gasteiger partial charge in [0.05, 0.1) is 0 Å². The number of benzene rings is 1. The summed E-state index contributed by atoms with van der Waals surface area (Å²) < 4.78 is 0. The zero-order valence-electron chi connectivity index (χ0n) is 13.4. The summed E-state index contributed by atoms with van der Waals surface area (Å²) in [5.74, 6) is 0.838. The summed E-state index contributed by atoms with van der Waals surface area (Å²) in [6.07, 6.45) is 5.40. The fraction of sp³-hybridized carbons (Fsp3) is 0.667. The van der Waals surface area contributed by atoms with E-state index in [0.717, 1.165) is 19.0 Å². The molecule has 0 aliphatic carbocycles. The Labute approximate surface area is 129 Å². The number of rotatable bonds is 5. The van der Waals surface area contributed by atoms with E-state index in [0.29, 0.717) is 0 Å². The van der Waals surface area contributed by atoms with Gasteiger partial charge in [-0.25, -0.2) is 0 Å². The molecule has 0 atom stereocenters. The molecule has 0 unspecified atom stereocenters. The summed E-state index contributed by atoms with van der Waals surface area (Å²) in [6, 6.07) is 9.07. The Balaban J connectivity index is 1.43. The molecule has 2 aliphatic heterocycles. The van der Waals surface area contributed by atoms with E-state index in [1.807, 2.05) is 0 Å². The fourth-order valence-electron chi connectivity index (χ4n) is 3.46. The molecule has 0 saturated carbocycles. The summed E-state index contributed by atoms with van der Waals surface area (Å²) in [6.45, 7) is 7.29. The lowest BCUT2D eigenvalue weighted by atomic mass is 9.97. The van der Waals surface area contributed by atoms with Gasteiger partial charge in [-0.1, -0.05) is 12.1 Å². The van der Waals surface area contributed by atoms with Gasteiger partial charge in [-0.3, -0.25) is 4.90 Å². The van der Waals surface area contributed by atoms with Gasteiger partial charge in [0, 0.05) is 18.8 Å². The van der Waals surface area contributed by atoms with E-state index in [4.69, 9.17) is 0 Å². The Morgan fingerprint density at radius 3 is 2.33 bits per heavy atom. The first kappa shape index (κ1) is 14.9. The molecule has 0 amide bonds. The van der Waals surface area contributed by atoms with Gasteiger partial charge in [0.2, 0.25) is 0 Å². The normalized spacial score (nSPS) is 21.8. The van der Waals surface area contributed by atoms with Crippen LogP contribution in [0.15, 0.2) is 24.3 Å². The predicted molar refractivity (Wildman–Crippen MR) is 89.7 cm³/mol. The van der Waals surface area contributed by atoms with Crippen LogP contribution in [-0.4, -0.2) is 49.6 Å². The number of nitrogens with zero attached hydrogens (tertiary/aromatic N) is 2. The Bertz CT molecular complexity index is 415. The van der Waals surface area contributed by atoms with Crippen LogP contribution in [-0.2, 0) is 6.54 Å². The third kappa shape index (κ3) is 4.45. The maximum atomic E-state index is 3.62. The van der Waals surface area contributed by atoms with Crippen LogP contribution in [0.2, 0.25) is 0 Å². The lowest BCUT2D eigenvalue weighted by Gasteiger charge is -2.29. The molecule has 3 rings (SSSR count). The minimum Gasteiger partial charge on any atom is -0.385 e. The fourth-order valence-corrected chi connectivity index (χ4v) is 3.46. The average Bonchev–Trinajstić information content (AvgIpc) is 3.01. The van der Waals surface area contributed by atoms with Crippen LogP contribution in [0.1, 0.15) is 31.2 Å². The van der Waals surface area contributed by atoms with E-state index in [2.05, 4.69) is 46.4 Å². The minimum atomic E-state index is 0.838. The van der Waals surface area contributed by atoms with Gasteiger partial charge in [-0.2, -0.15) is 0 Å². The largest absolute Gasteiger partial charge is 0.385 e. The van der Waals surface area contributed by atoms with Crippen molar-refractivity contribution in [2.75, 3.05) is 45.1 Å². The second-order valence-electron chi connectivity index (χ2n) is 6.81. The minimum absolute atomic E-state index is 0.838. The highest BCUT2D eigenvalue weighted by Crippen LogP contribution is 2.18. The number of likely N-dealkylation sites (tertiary alicyclic amines) is 2. The summed E-state index contributed by atoms with van der Waals surface area (Å²) in [5, 5.41) is 3.62. The molecule has 0 radical (unpaired) electrons. The molecular weight excluding hydrogens is 258 g/mol. The van der Waals surface area contributed by atoms with Crippen molar-refractivity contribution in [3.8, 4) is 0 Å². The van der Waals surface area contributed by atoms with Gasteiger partial charge >= 0.3 is 0 Å². The van der Waals surface area contributed by atoms with E-state index < -0.39 is 0 Å². The lowest BCUT2D eigenvalue weighted by Crippen LogP contribution is -2.32. The molecule has 1 aromatic carbocycles. The number of hydrogen-bond donors (Lipinski definition) is 1. The van der Waals surface area contributed by atoms with E-state index in [-0.39, 0.29) is 0 Å². The van der Waals surface area contributed by atoms with Crippen molar-refractivity contribution in [1.82, 2.24) is 9.80 Å². The van der Waals surface area contributed by atoms with Crippen molar-refractivity contribution < 1.29 is 0 Å². The Hall–Kier alpha value is -1.06. The molecule has 3 nitrogen and oxygen atoms in total. The van der Waals surface area contributed by atoms with Crippen LogP contribution in [0.5, 0.6) is 0 Å². The van der Waals surface area contributed by atoms with Crippen LogP contribution in [0.4, 0.5) is 5.69 Å². The number of hydrogen-bond acceptors (Lipinski definition) is 3. The van der Waals surface area contributed by atoms with Gasteiger partial charge < -0.3 is 10.2 Å². The second-order valence-corrected chi connectivity index (χ2v) is 6.81. The molecule has 116 valence electrons. The molecular formula is C18H29N3. The number of piperidine rings is 1. The quantitative estimate of drug-likeness (QED) is 0.898. The topological polar surface area (TPSA) is 18.5 Å². The smallest absolute Gasteiger partial charge is 0.0340 e. The zero-order valence-corrected chi connectivity index (χ0v) is 13.4. The molecule has 2 fully saturated rings. The van der Waals surface area contributed by atoms with Gasteiger partial charge in [0.15, 0.2) is 0 Å². The highest BCUT2D eigenvalue weighted by molar-refractivity contribution is 5.44. The lowest BCUT2D eigenvalue weighted by molar-refractivity contribution is 0.226. The van der Waals surface area contributed by atoms with Gasteiger partial charge in [0.25, 0.3) is 0 Å². The van der Waals surface area contributed by atoms with Crippen molar-refractivity contribution in [3.63, 3.8) is 0 Å². The zero-order chi connectivity index (χ0) is 14.5. The van der Waals surface area contributed by atoms with Crippen molar-refractivity contribution in [2.45, 2.75) is 32.2 Å². The van der Waals surface area contributed by atoms with E-state index >= 15 is 0 Å². The molecule has 2 aliphatic rings. The maximum Gasteiger partial charge on any atom is 0.0340 e. The van der Waals surface area contributed by atoms with Crippen molar-refractivity contribution in [2.24, 2.45) is 5.92 Å². The molecule has 2 heterocycles. The predicted octanol–water partition coefficient (Wildman–Crippen LogP) is 3.04. The van der Waals surface area contributed by atoms with E-state index in [1.54, 1.807) is 0 Å². The monoisotopic (exact) mass is 287 g/mol. The molecule has 0 aromatic heterocycles. The van der Waals surface area contributed by atoms with Crippen LogP contribution in [0.3, 0.4) is 0 Å². The second kappa shape index (κ2) is 7.28. The standard InChI is InChI=1S/C18H29N3/c1-20-12-8-16(9-13-20)14-19-18-6-4-17(5-7-18)15-21-10-2-3-11-21/h4-7,16,19H,2-3,8-15H2,1H3. The average molecular weight is 287 g/mol. The highest BCUT2D eigenvalue weighted by atomic mass is 15.1. The molecule has 2 saturated heterocycles. The van der Waals surface area contributed by atoms with Crippen LogP contribution in [0.25, 0.3) is 0 Å². The summed E-state index contributed by atoms with van der Waals surface area (Å²) in [5.41, 5.74) is 2.72.